The number of nitrogens with zero attached hydrogens (tertiary/aromatic N) is 1. The van der Waals surface area contributed by atoms with Crippen LogP contribution in [0.25, 0.3) is 0 Å². The minimum absolute atomic E-state index is 0.138. The molecule has 1 heterocycles. The normalized spacial score (nSPS) is 13.9. The molecular formula is C17H16ClNO. The smallest absolute Gasteiger partial charge is 0.231 e. The number of benzene rings is 2. The zero-order chi connectivity index (χ0) is 13.9. The van der Waals surface area contributed by atoms with Crippen LogP contribution in [0.4, 0.5) is 5.69 Å². The van der Waals surface area contributed by atoms with Crippen molar-refractivity contribution >= 4 is 23.2 Å². The van der Waals surface area contributed by atoms with Crippen LogP contribution in [0.3, 0.4) is 0 Å². The van der Waals surface area contributed by atoms with Crippen LogP contribution in [0, 0.1) is 0 Å². The lowest BCUT2D eigenvalue weighted by Crippen LogP contribution is -2.36. The van der Waals surface area contributed by atoms with Crippen molar-refractivity contribution < 1.29 is 4.79 Å². The molecule has 0 fully saturated rings. The summed E-state index contributed by atoms with van der Waals surface area (Å²) >= 11 is 5.97. The summed E-state index contributed by atoms with van der Waals surface area (Å²) in [4.78, 5) is 14.4. The number of fused-ring (bicyclic) bond motifs is 1. The zero-order valence-corrected chi connectivity index (χ0v) is 11.9. The molecule has 102 valence electrons. The van der Waals surface area contributed by atoms with Crippen molar-refractivity contribution in [1.29, 1.82) is 0 Å². The van der Waals surface area contributed by atoms with E-state index in [1.165, 1.54) is 5.56 Å². The Kier molecular flexibility index (Phi) is 3.75. The van der Waals surface area contributed by atoms with Crippen LogP contribution in [0.1, 0.15) is 17.5 Å². The maximum atomic E-state index is 12.5. The van der Waals surface area contributed by atoms with Gasteiger partial charge in [-0.1, -0.05) is 41.9 Å². The fraction of sp³-hybridized carbons (Fsp3) is 0.235. The van der Waals surface area contributed by atoms with E-state index in [1.54, 1.807) is 0 Å². The Morgan fingerprint density at radius 1 is 1.15 bits per heavy atom. The van der Waals surface area contributed by atoms with Gasteiger partial charge in [0.2, 0.25) is 5.91 Å². The minimum Gasteiger partial charge on any atom is -0.312 e. The van der Waals surface area contributed by atoms with Gasteiger partial charge in [-0.3, -0.25) is 4.79 Å². The standard InChI is InChI=1S/C17H16ClNO/c18-15-8-3-5-13(11-15)12-17(20)19-10-4-7-14-6-1-2-9-16(14)19/h1-3,5-6,8-9,11H,4,7,10,12H2. The van der Waals surface area contributed by atoms with E-state index in [2.05, 4.69) is 6.07 Å². The van der Waals surface area contributed by atoms with E-state index >= 15 is 0 Å². The van der Waals surface area contributed by atoms with Crippen molar-refractivity contribution in [2.75, 3.05) is 11.4 Å². The number of rotatable bonds is 2. The second kappa shape index (κ2) is 5.68. The molecule has 0 aliphatic carbocycles. The average Bonchev–Trinajstić information content (AvgIpc) is 2.46. The number of aryl methyl sites for hydroxylation is 1. The molecule has 0 saturated carbocycles. The molecule has 2 aromatic rings. The summed E-state index contributed by atoms with van der Waals surface area (Å²) in [7, 11) is 0. The molecular weight excluding hydrogens is 270 g/mol. The molecule has 3 rings (SSSR count). The van der Waals surface area contributed by atoms with Gasteiger partial charge in [-0.25, -0.2) is 0 Å². The van der Waals surface area contributed by atoms with Crippen molar-refractivity contribution in [2.45, 2.75) is 19.3 Å². The highest BCUT2D eigenvalue weighted by Crippen LogP contribution is 2.27. The lowest BCUT2D eigenvalue weighted by atomic mass is 10.0. The molecule has 0 unspecified atom stereocenters. The lowest BCUT2D eigenvalue weighted by molar-refractivity contribution is -0.118. The first kappa shape index (κ1) is 13.2. The summed E-state index contributed by atoms with van der Waals surface area (Å²) in [6, 6.07) is 15.7. The van der Waals surface area contributed by atoms with Crippen molar-refractivity contribution in [3.8, 4) is 0 Å². The molecule has 0 N–H and O–H groups in total. The molecule has 0 aromatic heterocycles. The predicted molar refractivity (Wildman–Crippen MR) is 82.3 cm³/mol. The molecule has 20 heavy (non-hydrogen) atoms. The first-order chi connectivity index (χ1) is 9.74. The molecule has 1 aliphatic rings. The highest BCUT2D eigenvalue weighted by molar-refractivity contribution is 6.30. The SMILES string of the molecule is O=C(Cc1cccc(Cl)c1)N1CCCc2ccccc21. The Labute approximate surface area is 124 Å². The van der Waals surface area contributed by atoms with Gasteiger partial charge in [0.25, 0.3) is 0 Å². The van der Waals surface area contributed by atoms with E-state index in [9.17, 15) is 4.79 Å². The quantitative estimate of drug-likeness (QED) is 0.820. The van der Waals surface area contributed by atoms with Crippen LogP contribution in [-0.4, -0.2) is 12.5 Å². The van der Waals surface area contributed by atoms with Crippen LogP contribution in [0.15, 0.2) is 48.5 Å². The monoisotopic (exact) mass is 285 g/mol. The van der Waals surface area contributed by atoms with Crippen LogP contribution < -0.4 is 4.90 Å². The molecule has 0 spiro atoms. The Morgan fingerprint density at radius 3 is 2.85 bits per heavy atom. The topological polar surface area (TPSA) is 20.3 Å². The summed E-state index contributed by atoms with van der Waals surface area (Å²) in [5, 5.41) is 0.675. The number of hydrogen-bond acceptors (Lipinski definition) is 1. The number of anilines is 1. The molecule has 1 aliphatic heterocycles. The molecule has 2 aromatic carbocycles. The molecule has 2 nitrogen and oxygen atoms in total. The van der Waals surface area contributed by atoms with Crippen molar-refractivity contribution in [1.82, 2.24) is 0 Å². The van der Waals surface area contributed by atoms with Gasteiger partial charge in [-0.15, -0.1) is 0 Å². The van der Waals surface area contributed by atoms with Crippen molar-refractivity contribution in [3.63, 3.8) is 0 Å². The number of carbonyl (C=O) groups is 1. The molecule has 3 heteroatoms. The zero-order valence-electron chi connectivity index (χ0n) is 11.2. The largest absolute Gasteiger partial charge is 0.312 e. The summed E-state index contributed by atoms with van der Waals surface area (Å²) in [6.45, 7) is 0.802. The second-order valence-electron chi connectivity index (χ2n) is 5.08. The highest BCUT2D eigenvalue weighted by atomic mass is 35.5. The van der Waals surface area contributed by atoms with E-state index in [0.717, 1.165) is 30.6 Å². The van der Waals surface area contributed by atoms with Gasteiger partial charge in [0.1, 0.15) is 0 Å². The number of halogens is 1. The van der Waals surface area contributed by atoms with Gasteiger partial charge in [-0.05, 0) is 42.2 Å². The van der Waals surface area contributed by atoms with Gasteiger partial charge < -0.3 is 4.90 Å². The Morgan fingerprint density at radius 2 is 2.00 bits per heavy atom. The first-order valence-electron chi connectivity index (χ1n) is 6.87. The number of hydrogen-bond donors (Lipinski definition) is 0. The number of carbonyl (C=O) groups excluding carboxylic acids is 1. The summed E-state index contributed by atoms with van der Waals surface area (Å²) in [5.41, 5.74) is 3.29. The van der Waals surface area contributed by atoms with Crippen LogP contribution in [0.2, 0.25) is 5.02 Å². The third-order valence-electron chi connectivity index (χ3n) is 3.66. The van der Waals surface area contributed by atoms with E-state index in [0.29, 0.717) is 11.4 Å². The molecule has 0 atom stereocenters. The summed E-state index contributed by atoms with van der Waals surface area (Å²) in [5.74, 6) is 0.138. The fourth-order valence-corrected chi connectivity index (χ4v) is 2.92. The maximum absolute atomic E-state index is 12.5. The molecule has 0 saturated heterocycles. The third kappa shape index (κ3) is 2.70. The van der Waals surface area contributed by atoms with Crippen molar-refractivity contribution in [3.05, 3.63) is 64.7 Å². The van der Waals surface area contributed by atoms with E-state index in [-0.39, 0.29) is 5.91 Å². The van der Waals surface area contributed by atoms with Gasteiger partial charge >= 0.3 is 0 Å². The number of para-hydroxylation sites is 1. The van der Waals surface area contributed by atoms with Gasteiger partial charge in [0.15, 0.2) is 0 Å². The highest BCUT2D eigenvalue weighted by Gasteiger charge is 2.21. The fourth-order valence-electron chi connectivity index (χ4n) is 2.71. The summed E-state index contributed by atoms with van der Waals surface area (Å²) in [6.07, 6.45) is 2.48. The van der Waals surface area contributed by atoms with Gasteiger partial charge in [0.05, 0.1) is 6.42 Å². The van der Waals surface area contributed by atoms with Crippen LogP contribution in [0.5, 0.6) is 0 Å². The van der Waals surface area contributed by atoms with E-state index < -0.39 is 0 Å². The van der Waals surface area contributed by atoms with Crippen LogP contribution >= 0.6 is 11.6 Å². The Bertz CT molecular complexity index is 638. The van der Waals surface area contributed by atoms with E-state index in [4.69, 9.17) is 11.6 Å². The number of amides is 1. The molecule has 1 amide bonds. The lowest BCUT2D eigenvalue weighted by Gasteiger charge is -2.29. The molecule has 0 radical (unpaired) electrons. The first-order valence-corrected chi connectivity index (χ1v) is 7.24. The van der Waals surface area contributed by atoms with Gasteiger partial charge in [-0.2, -0.15) is 0 Å². The predicted octanol–water partition coefficient (Wildman–Crippen LogP) is 3.86. The minimum atomic E-state index is 0.138. The Hall–Kier alpha value is -1.80. The third-order valence-corrected chi connectivity index (χ3v) is 3.89. The average molecular weight is 286 g/mol. The van der Waals surface area contributed by atoms with E-state index in [1.807, 2.05) is 47.4 Å². The van der Waals surface area contributed by atoms with Crippen LogP contribution in [-0.2, 0) is 17.6 Å². The van der Waals surface area contributed by atoms with Crippen molar-refractivity contribution in [2.24, 2.45) is 0 Å². The van der Waals surface area contributed by atoms with Gasteiger partial charge in [0, 0.05) is 17.3 Å². The summed E-state index contributed by atoms with van der Waals surface area (Å²) < 4.78 is 0. The maximum Gasteiger partial charge on any atom is 0.231 e. The molecule has 0 bridgehead atoms. The second-order valence-corrected chi connectivity index (χ2v) is 5.52. The Balaban J connectivity index is 1.82.